The minimum Gasteiger partial charge on any atom is -0.378 e. The maximum atomic E-state index is 12.8. The second-order valence-corrected chi connectivity index (χ2v) is 6.67. The maximum absolute atomic E-state index is 12.8. The summed E-state index contributed by atoms with van der Waals surface area (Å²) in [6.45, 7) is 8.92. The first-order valence-corrected chi connectivity index (χ1v) is 9.03. The fraction of sp³-hybridized carbons (Fsp3) is 0.706. The molecule has 2 amide bonds. The highest BCUT2D eigenvalue weighted by molar-refractivity contribution is 5.75. The molecule has 1 aromatic heterocycles. The maximum Gasteiger partial charge on any atom is 0.320 e. The van der Waals surface area contributed by atoms with E-state index in [1.54, 1.807) is 0 Å². The van der Waals surface area contributed by atoms with Gasteiger partial charge in [0.15, 0.2) is 0 Å². The van der Waals surface area contributed by atoms with Crippen molar-refractivity contribution >= 4 is 11.8 Å². The number of nitrogens with zero attached hydrogens (tertiary/aromatic N) is 5. The Morgan fingerprint density at radius 3 is 2.32 bits per heavy atom. The highest BCUT2D eigenvalue weighted by Crippen LogP contribution is 2.28. The van der Waals surface area contributed by atoms with Crippen LogP contribution in [0, 0.1) is 6.92 Å². The molecule has 8 nitrogen and oxygen atoms in total. The molecule has 25 heavy (non-hydrogen) atoms. The zero-order valence-corrected chi connectivity index (χ0v) is 14.7. The van der Waals surface area contributed by atoms with Crippen LogP contribution in [0.4, 0.5) is 10.6 Å². The first kappa shape index (κ1) is 16.5. The molecule has 3 aliphatic heterocycles. The van der Waals surface area contributed by atoms with E-state index < -0.39 is 0 Å². The fourth-order valence-electron chi connectivity index (χ4n) is 3.67. The normalized spacial score (nSPS) is 21.2. The van der Waals surface area contributed by atoms with Crippen LogP contribution in [0.2, 0.25) is 0 Å². The van der Waals surface area contributed by atoms with Crippen LogP contribution in [0.1, 0.15) is 17.1 Å². The number of ether oxygens (including phenoxy) is 2. The number of amides is 2. The van der Waals surface area contributed by atoms with Crippen molar-refractivity contribution in [3.05, 3.63) is 17.1 Å². The molecule has 3 aliphatic rings. The molecule has 1 aromatic rings. The van der Waals surface area contributed by atoms with E-state index in [9.17, 15) is 4.79 Å². The Bertz CT molecular complexity index is 641. The van der Waals surface area contributed by atoms with Gasteiger partial charge >= 0.3 is 6.03 Å². The molecule has 2 saturated heterocycles. The van der Waals surface area contributed by atoms with Crippen LogP contribution in [-0.4, -0.2) is 85.0 Å². The molecular weight excluding hydrogens is 322 g/mol. The summed E-state index contributed by atoms with van der Waals surface area (Å²) >= 11 is 0. The van der Waals surface area contributed by atoms with Gasteiger partial charge in [0.2, 0.25) is 0 Å². The predicted molar refractivity (Wildman–Crippen MR) is 91.7 cm³/mol. The van der Waals surface area contributed by atoms with E-state index in [1.165, 1.54) is 0 Å². The lowest BCUT2D eigenvalue weighted by Crippen LogP contribution is -2.50. The molecule has 4 rings (SSSR count). The molecule has 0 aliphatic carbocycles. The SMILES string of the molecule is Cc1nc2c(c(N3CCOCC3)n1)CN(C(=O)N1CCOCC1)CC2. The number of anilines is 1. The van der Waals surface area contributed by atoms with Gasteiger partial charge in [0.05, 0.1) is 38.7 Å². The number of aromatic nitrogens is 2. The van der Waals surface area contributed by atoms with Gasteiger partial charge in [-0.3, -0.25) is 0 Å². The van der Waals surface area contributed by atoms with Crippen molar-refractivity contribution in [2.24, 2.45) is 0 Å². The van der Waals surface area contributed by atoms with Crippen LogP contribution in [-0.2, 0) is 22.4 Å². The summed E-state index contributed by atoms with van der Waals surface area (Å²) in [4.78, 5) is 28.3. The lowest BCUT2D eigenvalue weighted by atomic mass is 10.1. The number of rotatable bonds is 1. The summed E-state index contributed by atoms with van der Waals surface area (Å²) in [5, 5.41) is 0. The van der Waals surface area contributed by atoms with E-state index in [0.717, 1.165) is 42.4 Å². The number of carbonyl (C=O) groups is 1. The lowest BCUT2D eigenvalue weighted by Gasteiger charge is -2.37. The van der Waals surface area contributed by atoms with Crippen molar-refractivity contribution in [3.63, 3.8) is 0 Å². The highest BCUT2D eigenvalue weighted by Gasteiger charge is 2.30. The van der Waals surface area contributed by atoms with Crippen molar-refractivity contribution < 1.29 is 14.3 Å². The second kappa shape index (κ2) is 7.13. The molecule has 0 atom stereocenters. The molecular formula is C17H25N5O3. The zero-order valence-electron chi connectivity index (χ0n) is 14.7. The van der Waals surface area contributed by atoms with Gasteiger partial charge in [-0.2, -0.15) is 0 Å². The molecule has 0 aromatic carbocycles. The van der Waals surface area contributed by atoms with E-state index in [0.29, 0.717) is 52.6 Å². The van der Waals surface area contributed by atoms with Gasteiger partial charge in [0, 0.05) is 44.7 Å². The average Bonchev–Trinajstić information content (AvgIpc) is 2.68. The molecule has 2 fully saturated rings. The van der Waals surface area contributed by atoms with Crippen molar-refractivity contribution in [3.8, 4) is 0 Å². The van der Waals surface area contributed by atoms with Crippen molar-refractivity contribution in [1.82, 2.24) is 19.8 Å². The third-order valence-electron chi connectivity index (χ3n) is 5.01. The van der Waals surface area contributed by atoms with Gasteiger partial charge in [-0.15, -0.1) is 0 Å². The van der Waals surface area contributed by atoms with Crippen molar-refractivity contribution in [2.75, 3.05) is 64.1 Å². The van der Waals surface area contributed by atoms with Crippen LogP contribution in [0.5, 0.6) is 0 Å². The Morgan fingerprint density at radius 2 is 1.60 bits per heavy atom. The van der Waals surface area contributed by atoms with E-state index in [2.05, 4.69) is 9.88 Å². The minimum atomic E-state index is 0.0995. The molecule has 0 bridgehead atoms. The van der Waals surface area contributed by atoms with Crippen molar-refractivity contribution in [1.29, 1.82) is 0 Å². The number of carbonyl (C=O) groups excluding carboxylic acids is 1. The summed E-state index contributed by atoms with van der Waals surface area (Å²) in [5.74, 6) is 1.78. The van der Waals surface area contributed by atoms with Crippen LogP contribution >= 0.6 is 0 Å². The quantitative estimate of drug-likeness (QED) is 0.734. The molecule has 0 radical (unpaired) electrons. The monoisotopic (exact) mass is 347 g/mol. The van der Waals surface area contributed by atoms with Crippen molar-refractivity contribution in [2.45, 2.75) is 19.9 Å². The van der Waals surface area contributed by atoms with Gasteiger partial charge in [-0.1, -0.05) is 0 Å². The molecule has 0 N–H and O–H groups in total. The third kappa shape index (κ3) is 3.41. The smallest absolute Gasteiger partial charge is 0.320 e. The van der Waals surface area contributed by atoms with Gasteiger partial charge in [0.25, 0.3) is 0 Å². The number of urea groups is 1. The van der Waals surface area contributed by atoms with Crippen LogP contribution in [0.3, 0.4) is 0 Å². The van der Waals surface area contributed by atoms with E-state index in [-0.39, 0.29) is 6.03 Å². The number of aryl methyl sites for hydroxylation is 1. The van der Waals surface area contributed by atoms with E-state index in [1.807, 2.05) is 16.7 Å². The zero-order chi connectivity index (χ0) is 17.2. The molecule has 0 unspecified atom stereocenters. The largest absolute Gasteiger partial charge is 0.378 e. The Kier molecular flexibility index (Phi) is 4.72. The molecule has 4 heterocycles. The number of morpholine rings is 2. The highest BCUT2D eigenvalue weighted by atomic mass is 16.5. The Hall–Kier alpha value is -1.93. The first-order chi connectivity index (χ1) is 12.2. The number of hydrogen-bond acceptors (Lipinski definition) is 6. The van der Waals surface area contributed by atoms with Crippen LogP contribution in [0.15, 0.2) is 0 Å². The Balaban J connectivity index is 1.57. The van der Waals surface area contributed by atoms with Gasteiger partial charge in [-0.25, -0.2) is 14.8 Å². The summed E-state index contributed by atoms with van der Waals surface area (Å²) in [5.41, 5.74) is 2.18. The van der Waals surface area contributed by atoms with E-state index in [4.69, 9.17) is 14.5 Å². The predicted octanol–water partition coefficient (Wildman–Crippen LogP) is 0.432. The molecule has 8 heteroatoms. The fourth-order valence-corrected chi connectivity index (χ4v) is 3.67. The molecule has 136 valence electrons. The van der Waals surface area contributed by atoms with Gasteiger partial charge in [0.1, 0.15) is 11.6 Å². The first-order valence-electron chi connectivity index (χ1n) is 9.03. The van der Waals surface area contributed by atoms with Gasteiger partial charge in [-0.05, 0) is 6.92 Å². The topological polar surface area (TPSA) is 71.0 Å². The third-order valence-corrected chi connectivity index (χ3v) is 5.01. The Morgan fingerprint density at radius 1 is 0.920 bits per heavy atom. The lowest BCUT2D eigenvalue weighted by molar-refractivity contribution is 0.0421. The summed E-state index contributed by atoms with van der Waals surface area (Å²) in [6.07, 6.45) is 0.784. The summed E-state index contributed by atoms with van der Waals surface area (Å²) < 4.78 is 10.8. The molecule has 0 spiro atoms. The summed E-state index contributed by atoms with van der Waals surface area (Å²) in [7, 11) is 0. The Labute approximate surface area is 147 Å². The standard InChI is InChI=1S/C17H25N5O3/c1-13-18-15-2-3-22(17(23)21-6-10-25-11-7-21)12-14(15)16(19-13)20-4-8-24-9-5-20/h2-12H2,1H3. The second-order valence-electron chi connectivity index (χ2n) is 6.67. The van der Waals surface area contributed by atoms with Crippen LogP contribution in [0.25, 0.3) is 0 Å². The average molecular weight is 347 g/mol. The summed E-state index contributed by atoms with van der Waals surface area (Å²) in [6, 6.07) is 0.0995. The number of fused-ring (bicyclic) bond motifs is 1. The minimum absolute atomic E-state index is 0.0995. The van der Waals surface area contributed by atoms with E-state index >= 15 is 0 Å². The molecule has 0 saturated carbocycles. The number of hydrogen-bond donors (Lipinski definition) is 0. The van der Waals surface area contributed by atoms with Gasteiger partial charge < -0.3 is 24.2 Å². The van der Waals surface area contributed by atoms with Crippen LogP contribution < -0.4 is 4.90 Å².